The zero-order chi connectivity index (χ0) is 20.5. The number of aromatic nitrogens is 2. The highest BCUT2D eigenvalue weighted by Gasteiger charge is 2.28. The summed E-state index contributed by atoms with van der Waals surface area (Å²) in [5.74, 6) is 0.691. The first-order chi connectivity index (χ1) is 14.7. The largest absolute Gasteiger partial charge is 0.389 e. The minimum atomic E-state index is -0.424. The van der Waals surface area contributed by atoms with Crippen LogP contribution >= 0.6 is 11.3 Å². The first kappa shape index (κ1) is 19.8. The van der Waals surface area contributed by atoms with Gasteiger partial charge in [0.25, 0.3) is 0 Å². The van der Waals surface area contributed by atoms with Crippen LogP contribution in [0.25, 0.3) is 21.3 Å². The van der Waals surface area contributed by atoms with Gasteiger partial charge in [0, 0.05) is 50.3 Å². The molecule has 3 aromatic rings. The van der Waals surface area contributed by atoms with Crippen molar-refractivity contribution >= 4 is 27.4 Å². The van der Waals surface area contributed by atoms with Crippen LogP contribution < -0.4 is 4.90 Å². The number of aliphatic hydroxyl groups excluding tert-OH is 1. The Morgan fingerprint density at radius 2 is 1.97 bits per heavy atom. The molecule has 1 aromatic carbocycles. The molecule has 0 saturated carbocycles. The number of hydrogen-bond donors (Lipinski definition) is 1. The van der Waals surface area contributed by atoms with Crippen molar-refractivity contribution in [3.63, 3.8) is 0 Å². The number of benzene rings is 1. The fraction of sp³-hybridized carbons (Fsp3) is 0.455. The van der Waals surface area contributed by atoms with Gasteiger partial charge in [0.2, 0.25) is 0 Å². The van der Waals surface area contributed by atoms with Crippen molar-refractivity contribution in [2.24, 2.45) is 0 Å². The number of β-amino-alcohol motifs (C(OH)–C–C–N with tert-alkyl or cyclic N) is 1. The second-order valence-corrected chi connectivity index (χ2v) is 8.80. The van der Waals surface area contributed by atoms with E-state index >= 15 is 0 Å². The molecule has 0 radical (unpaired) electrons. The van der Waals surface area contributed by atoms with E-state index in [-0.39, 0.29) is 11.9 Å². The normalized spacial score (nSPS) is 21.4. The van der Waals surface area contributed by atoms with E-state index in [2.05, 4.69) is 25.1 Å². The monoisotopic (exact) mass is 428 g/mol. The molecule has 0 amide bonds. The molecule has 2 atom stereocenters. The second kappa shape index (κ2) is 8.55. The summed E-state index contributed by atoms with van der Waals surface area (Å²) in [6.07, 6.45) is 3.16. The highest BCUT2D eigenvalue weighted by molar-refractivity contribution is 7.17. The fourth-order valence-corrected chi connectivity index (χ4v) is 5.28. The summed E-state index contributed by atoms with van der Waals surface area (Å²) in [5, 5.41) is 13.6. The lowest BCUT2D eigenvalue weighted by Crippen LogP contribution is -2.50. The number of halogens is 1. The van der Waals surface area contributed by atoms with Crippen LogP contribution in [0.3, 0.4) is 0 Å². The Morgan fingerprint density at radius 1 is 1.17 bits per heavy atom. The minimum absolute atomic E-state index is 0.0198. The van der Waals surface area contributed by atoms with Crippen LogP contribution in [0, 0.1) is 5.82 Å². The molecule has 2 aromatic heterocycles. The first-order valence-electron chi connectivity index (χ1n) is 10.4. The lowest BCUT2D eigenvalue weighted by atomic mass is 10.1. The molecule has 0 bridgehead atoms. The maximum Gasteiger partial charge on any atom is 0.141 e. The average molecular weight is 429 g/mol. The molecule has 2 fully saturated rings. The van der Waals surface area contributed by atoms with E-state index in [0.29, 0.717) is 6.54 Å². The number of fused-ring (bicyclic) bond motifs is 1. The van der Waals surface area contributed by atoms with E-state index in [4.69, 9.17) is 4.74 Å². The molecular formula is C22H25FN4O2S. The van der Waals surface area contributed by atoms with E-state index in [1.807, 2.05) is 0 Å². The van der Waals surface area contributed by atoms with E-state index < -0.39 is 6.10 Å². The van der Waals surface area contributed by atoms with Crippen molar-refractivity contribution < 1.29 is 14.2 Å². The Morgan fingerprint density at radius 3 is 2.70 bits per heavy atom. The van der Waals surface area contributed by atoms with Gasteiger partial charge in [-0.05, 0) is 30.5 Å². The van der Waals surface area contributed by atoms with Crippen molar-refractivity contribution in [1.29, 1.82) is 0 Å². The van der Waals surface area contributed by atoms with Gasteiger partial charge in [-0.3, -0.25) is 4.90 Å². The average Bonchev–Trinajstić information content (AvgIpc) is 3.45. The molecule has 2 unspecified atom stereocenters. The smallest absolute Gasteiger partial charge is 0.141 e. The maximum absolute atomic E-state index is 13.4. The maximum atomic E-state index is 13.4. The van der Waals surface area contributed by atoms with Crippen LogP contribution in [0.5, 0.6) is 0 Å². The number of piperazine rings is 1. The summed E-state index contributed by atoms with van der Waals surface area (Å²) in [7, 11) is 0. The predicted molar refractivity (Wildman–Crippen MR) is 116 cm³/mol. The molecule has 2 saturated heterocycles. The van der Waals surface area contributed by atoms with Crippen LogP contribution in [-0.2, 0) is 4.74 Å². The topological polar surface area (TPSA) is 61.7 Å². The van der Waals surface area contributed by atoms with Gasteiger partial charge in [0.15, 0.2) is 0 Å². The SMILES string of the molecule is OC(CN1CCN(c2ncnc3scc(-c4ccc(F)cc4)c23)CC1)C1CCCO1. The van der Waals surface area contributed by atoms with E-state index in [1.54, 1.807) is 29.8 Å². The Labute approximate surface area is 178 Å². The van der Waals surface area contributed by atoms with Crippen molar-refractivity contribution in [3.8, 4) is 11.1 Å². The van der Waals surface area contributed by atoms with E-state index in [1.165, 1.54) is 12.1 Å². The van der Waals surface area contributed by atoms with Crippen LogP contribution in [0.15, 0.2) is 36.0 Å². The molecule has 6 nitrogen and oxygen atoms in total. The van der Waals surface area contributed by atoms with Crippen LogP contribution in [-0.4, -0.2) is 71.5 Å². The lowest BCUT2D eigenvalue weighted by molar-refractivity contribution is -0.0190. The van der Waals surface area contributed by atoms with Gasteiger partial charge in [-0.1, -0.05) is 12.1 Å². The molecule has 2 aliphatic rings. The van der Waals surface area contributed by atoms with Crippen LogP contribution in [0.4, 0.5) is 10.2 Å². The van der Waals surface area contributed by atoms with E-state index in [9.17, 15) is 9.50 Å². The third-order valence-corrected chi connectivity index (χ3v) is 6.90. The summed E-state index contributed by atoms with van der Waals surface area (Å²) < 4.78 is 19.0. The van der Waals surface area contributed by atoms with E-state index in [0.717, 1.165) is 72.8 Å². The van der Waals surface area contributed by atoms with Gasteiger partial charge in [-0.15, -0.1) is 11.3 Å². The van der Waals surface area contributed by atoms with Gasteiger partial charge in [0.1, 0.15) is 22.8 Å². The molecule has 4 heterocycles. The number of aliphatic hydroxyl groups is 1. The third kappa shape index (κ3) is 3.92. The Balaban J connectivity index is 1.33. The summed E-state index contributed by atoms with van der Waals surface area (Å²) in [6.45, 7) is 4.82. The van der Waals surface area contributed by atoms with Gasteiger partial charge < -0.3 is 14.7 Å². The van der Waals surface area contributed by atoms with Crippen LogP contribution in [0.2, 0.25) is 0 Å². The first-order valence-corrected chi connectivity index (χ1v) is 11.3. The van der Waals surface area contributed by atoms with Gasteiger partial charge in [0.05, 0.1) is 17.6 Å². The Hall–Kier alpha value is -2.13. The molecule has 1 N–H and O–H groups in total. The molecule has 0 spiro atoms. The molecule has 2 aliphatic heterocycles. The number of hydrogen-bond acceptors (Lipinski definition) is 7. The third-order valence-electron chi connectivity index (χ3n) is 6.02. The minimum Gasteiger partial charge on any atom is -0.389 e. The van der Waals surface area contributed by atoms with Gasteiger partial charge in [-0.2, -0.15) is 0 Å². The molecule has 0 aliphatic carbocycles. The molecule has 158 valence electrons. The zero-order valence-corrected chi connectivity index (χ0v) is 17.5. The van der Waals surface area contributed by atoms with Gasteiger partial charge >= 0.3 is 0 Å². The summed E-state index contributed by atoms with van der Waals surface area (Å²) in [4.78, 5) is 14.6. The zero-order valence-electron chi connectivity index (χ0n) is 16.7. The van der Waals surface area contributed by atoms with Crippen molar-refractivity contribution in [1.82, 2.24) is 14.9 Å². The number of thiophene rings is 1. The quantitative estimate of drug-likeness (QED) is 0.674. The second-order valence-electron chi connectivity index (χ2n) is 7.94. The Kier molecular flexibility index (Phi) is 5.64. The number of rotatable bonds is 5. The number of ether oxygens (including phenoxy) is 1. The Bertz CT molecular complexity index is 998. The highest BCUT2D eigenvalue weighted by atomic mass is 32.1. The summed E-state index contributed by atoms with van der Waals surface area (Å²) >= 11 is 1.59. The highest BCUT2D eigenvalue weighted by Crippen LogP contribution is 2.38. The lowest BCUT2D eigenvalue weighted by Gasteiger charge is -2.37. The number of anilines is 1. The van der Waals surface area contributed by atoms with Crippen molar-refractivity contribution in [2.45, 2.75) is 25.0 Å². The fourth-order valence-electron chi connectivity index (χ4n) is 4.37. The predicted octanol–water partition coefficient (Wildman–Crippen LogP) is 3.16. The van der Waals surface area contributed by atoms with Crippen molar-refractivity contribution in [3.05, 3.63) is 41.8 Å². The number of nitrogens with zero attached hydrogens (tertiary/aromatic N) is 4. The van der Waals surface area contributed by atoms with Gasteiger partial charge in [-0.25, -0.2) is 14.4 Å². The molecule has 8 heteroatoms. The molecule has 5 rings (SSSR count). The molecule has 30 heavy (non-hydrogen) atoms. The van der Waals surface area contributed by atoms with Crippen molar-refractivity contribution in [2.75, 3.05) is 44.2 Å². The van der Waals surface area contributed by atoms with Crippen LogP contribution in [0.1, 0.15) is 12.8 Å². The standard InChI is InChI=1S/C22H25FN4O2S/c23-16-5-3-15(4-6-16)17-13-30-22-20(17)21(24-14-25-22)27-9-7-26(8-10-27)12-18(28)19-2-1-11-29-19/h3-6,13-14,18-19,28H,1-2,7-12H2. The molecular weight excluding hydrogens is 403 g/mol. The summed E-state index contributed by atoms with van der Waals surface area (Å²) in [6, 6.07) is 6.58. The summed E-state index contributed by atoms with van der Waals surface area (Å²) in [5.41, 5.74) is 2.01.